The van der Waals surface area contributed by atoms with Crippen LogP contribution >= 0.6 is 0 Å². The van der Waals surface area contributed by atoms with E-state index in [0.29, 0.717) is 0 Å². The molecule has 0 saturated carbocycles. The lowest BCUT2D eigenvalue weighted by Crippen LogP contribution is -2.55. The van der Waals surface area contributed by atoms with Crippen LogP contribution in [-0.4, -0.2) is 59.7 Å². The molecule has 4 unspecified atom stereocenters. The molecule has 1 rings (SSSR count). The maximum absolute atomic E-state index is 12.0. The van der Waals surface area contributed by atoms with Crippen LogP contribution in [0.25, 0.3) is 0 Å². The Kier molecular flexibility index (Phi) is 6.89. The Hall–Kier alpha value is -2.65. The molecule has 5 amide bonds. The van der Waals surface area contributed by atoms with Gasteiger partial charge in [-0.2, -0.15) is 0 Å². The molecule has 0 aromatic heterocycles. The van der Waals surface area contributed by atoms with E-state index in [-0.39, 0.29) is 0 Å². The monoisotopic (exact) mass is 355 g/mol. The van der Waals surface area contributed by atoms with E-state index in [2.05, 4.69) is 26.6 Å². The van der Waals surface area contributed by atoms with E-state index in [1.165, 1.54) is 34.6 Å². The largest absolute Gasteiger partial charge is 0.343 e. The van der Waals surface area contributed by atoms with Crippen molar-refractivity contribution in [1.82, 2.24) is 26.6 Å². The van der Waals surface area contributed by atoms with Crippen LogP contribution in [0.15, 0.2) is 0 Å². The highest BCUT2D eigenvalue weighted by molar-refractivity contribution is 5.97. The number of rotatable bonds is 0. The Balaban J connectivity index is 3.01. The summed E-state index contributed by atoms with van der Waals surface area (Å²) in [5, 5.41) is 12.3. The summed E-state index contributed by atoms with van der Waals surface area (Å²) in [6, 6.07) is -4.51. The van der Waals surface area contributed by atoms with Gasteiger partial charge in [0.15, 0.2) is 0 Å². The third-order valence-electron chi connectivity index (χ3n) is 3.76. The summed E-state index contributed by atoms with van der Waals surface area (Å²) in [4.78, 5) is 60.2. The average Bonchev–Trinajstić information content (AvgIpc) is 2.53. The summed E-state index contributed by atoms with van der Waals surface area (Å²) >= 11 is 0. The SMILES string of the molecule is CC1NC(=O)C(C)NC(=O)C(C)NC(=O)[C@H](C)NC(=O)C(C)NC1=O. The first-order chi connectivity index (χ1) is 11.5. The minimum absolute atomic E-state index is 0.560. The number of nitrogens with one attached hydrogen (secondary N) is 5. The third kappa shape index (κ3) is 5.73. The molecule has 5 atom stereocenters. The highest BCUT2D eigenvalue weighted by atomic mass is 16.2. The van der Waals surface area contributed by atoms with Gasteiger partial charge in [-0.05, 0) is 34.6 Å². The predicted molar refractivity (Wildman–Crippen MR) is 88.0 cm³/mol. The molecule has 0 aromatic carbocycles. The minimum Gasteiger partial charge on any atom is -0.343 e. The summed E-state index contributed by atoms with van der Waals surface area (Å²) in [6.07, 6.45) is 0. The van der Waals surface area contributed by atoms with E-state index < -0.39 is 59.7 Å². The van der Waals surface area contributed by atoms with E-state index in [0.717, 1.165) is 0 Å². The van der Waals surface area contributed by atoms with E-state index >= 15 is 0 Å². The van der Waals surface area contributed by atoms with Crippen molar-refractivity contribution >= 4 is 29.5 Å². The molecule has 25 heavy (non-hydrogen) atoms. The zero-order valence-corrected chi connectivity index (χ0v) is 14.9. The predicted octanol–water partition coefficient (Wildman–Crippen LogP) is -2.48. The van der Waals surface area contributed by atoms with Crippen molar-refractivity contribution in [3.05, 3.63) is 0 Å². The maximum atomic E-state index is 12.0. The number of amides is 5. The number of carbonyl (C=O) groups excluding carboxylic acids is 5. The van der Waals surface area contributed by atoms with E-state index in [4.69, 9.17) is 0 Å². The van der Waals surface area contributed by atoms with Gasteiger partial charge in [-0.1, -0.05) is 0 Å². The lowest BCUT2D eigenvalue weighted by molar-refractivity contribution is -0.133. The van der Waals surface area contributed by atoms with Crippen molar-refractivity contribution in [3.8, 4) is 0 Å². The molecule has 5 N–H and O–H groups in total. The fourth-order valence-electron chi connectivity index (χ4n) is 2.02. The molecule has 0 radical (unpaired) electrons. The van der Waals surface area contributed by atoms with Gasteiger partial charge in [0, 0.05) is 0 Å². The molecule has 1 heterocycles. The van der Waals surface area contributed by atoms with Gasteiger partial charge in [0.1, 0.15) is 30.2 Å². The standard InChI is InChI=1S/C15H25N5O5/c1-6-11(21)17-8(3)13(23)19-10(5)15(25)20-9(4)14(24)18-7(2)12(22)16-6/h6-10H,1-5H3,(H,16,22)(H,17,21)(H,18,24)(H,19,23)(H,20,25)/t6-,7?,8?,9?,10?/m0/s1. The topological polar surface area (TPSA) is 146 Å². The number of carbonyl (C=O) groups is 5. The first-order valence-corrected chi connectivity index (χ1v) is 8.04. The van der Waals surface area contributed by atoms with Crippen LogP contribution in [0.3, 0.4) is 0 Å². The molecule has 1 aliphatic heterocycles. The van der Waals surface area contributed by atoms with Crippen molar-refractivity contribution in [2.24, 2.45) is 0 Å². The summed E-state index contributed by atoms with van der Waals surface area (Å²) < 4.78 is 0. The van der Waals surface area contributed by atoms with Crippen LogP contribution < -0.4 is 26.6 Å². The first-order valence-electron chi connectivity index (χ1n) is 8.04. The molecule has 1 aliphatic rings. The maximum Gasteiger partial charge on any atom is 0.242 e. The zero-order valence-electron chi connectivity index (χ0n) is 14.9. The average molecular weight is 355 g/mol. The molecule has 0 spiro atoms. The molecule has 0 aliphatic carbocycles. The highest BCUT2D eigenvalue weighted by Gasteiger charge is 2.28. The Morgan fingerprint density at radius 2 is 0.520 bits per heavy atom. The van der Waals surface area contributed by atoms with Crippen LogP contribution in [0.1, 0.15) is 34.6 Å². The quantitative estimate of drug-likeness (QED) is 0.327. The van der Waals surface area contributed by atoms with Crippen molar-refractivity contribution in [2.45, 2.75) is 64.8 Å². The Bertz CT molecular complexity index is 463. The van der Waals surface area contributed by atoms with Gasteiger partial charge in [0.05, 0.1) is 0 Å². The van der Waals surface area contributed by atoms with Gasteiger partial charge in [0.25, 0.3) is 0 Å². The van der Waals surface area contributed by atoms with Crippen molar-refractivity contribution in [1.29, 1.82) is 0 Å². The second-order valence-electron chi connectivity index (χ2n) is 6.15. The molecule has 1 fully saturated rings. The van der Waals surface area contributed by atoms with E-state index in [9.17, 15) is 24.0 Å². The van der Waals surface area contributed by atoms with Crippen molar-refractivity contribution in [3.63, 3.8) is 0 Å². The number of hydrogen-bond acceptors (Lipinski definition) is 5. The fraction of sp³-hybridized carbons (Fsp3) is 0.667. The highest BCUT2D eigenvalue weighted by Crippen LogP contribution is 1.95. The minimum atomic E-state index is -0.901. The smallest absolute Gasteiger partial charge is 0.242 e. The van der Waals surface area contributed by atoms with Crippen LogP contribution in [0.2, 0.25) is 0 Å². The zero-order chi connectivity index (χ0) is 19.3. The van der Waals surface area contributed by atoms with Crippen molar-refractivity contribution < 1.29 is 24.0 Å². The fourth-order valence-corrected chi connectivity index (χ4v) is 2.02. The van der Waals surface area contributed by atoms with E-state index in [1.54, 1.807) is 0 Å². The Morgan fingerprint density at radius 1 is 0.400 bits per heavy atom. The van der Waals surface area contributed by atoms with Crippen molar-refractivity contribution in [2.75, 3.05) is 0 Å². The summed E-state index contributed by atoms with van der Waals surface area (Å²) in [7, 11) is 0. The van der Waals surface area contributed by atoms with Gasteiger partial charge >= 0.3 is 0 Å². The van der Waals surface area contributed by atoms with Gasteiger partial charge in [0.2, 0.25) is 29.5 Å². The third-order valence-corrected chi connectivity index (χ3v) is 3.76. The first kappa shape index (κ1) is 20.4. The van der Waals surface area contributed by atoms with Gasteiger partial charge in [-0.3, -0.25) is 24.0 Å². The second-order valence-corrected chi connectivity index (χ2v) is 6.15. The lowest BCUT2D eigenvalue weighted by Gasteiger charge is -2.20. The summed E-state index contributed by atoms with van der Waals surface area (Å²) in [5.41, 5.74) is 0. The summed E-state index contributed by atoms with van der Waals surface area (Å²) in [5.74, 6) is -2.80. The Morgan fingerprint density at radius 3 is 0.640 bits per heavy atom. The molecule has 0 aromatic rings. The lowest BCUT2D eigenvalue weighted by atomic mass is 10.2. The van der Waals surface area contributed by atoms with Gasteiger partial charge < -0.3 is 26.6 Å². The van der Waals surface area contributed by atoms with Gasteiger partial charge in [-0.15, -0.1) is 0 Å². The molecule has 1 saturated heterocycles. The van der Waals surface area contributed by atoms with Crippen LogP contribution in [0, 0.1) is 0 Å². The van der Waals surface area contributed by atoms with Crippen LogP contribution in [-0.2, 0) is 24.0 Å². The number of hydrogen-bond donors (Lipinski definition) is 5. The molecule has 10 nitrogen and oxygen atoms in total. The molecule has 140 valence electrons. The van der Waals surface area contributed by atoms with E-state index in [1.807, 2.05) is 0 Å². The molecule has 0 bridgehead atoms. The molecular formula is C15H25N5O5. The molecule has 10 heteroatoms. The van der Waals surface area contributed by atoms with Crippen LogP contribution in [0.4, 0.5) is 0 Å². The summed E-state index contributed by atoms with van der Waals surface area (Å²) in [6.45, 7) is 7.30. The second kappa shape index (κ2) is 8.45. The Labute approximate surface area is 145 Å². The van der Waals surface area contributed by atoms with Crippen LogP contribution in [0.5, 0.6) is 0 Å². The van der Waals surface area contributed by atoms with Gasteiger partial charge in [-0.25, -0.2) is 0 Å². The normalized spacial score (nSPS) is 33.0. The molecular weight excluding hydrogens is 330 g/mol.